The molecule has 0 radical (unpaired) electrons. The Morgan fingerprint density at radius 1 is 1.35 bits per heavy atom. The lowest BCUT2D eigenvalue weighted by Gasteiger charge is -2.23. The summed E-state index contributed by atoms with van der Waals surface area (Å²) < 4.78 is 1.39. The standard InChI is InChI=1S/C17H26N2O4/c1-5-7-14(19-9-6-8-12(4)16(19)21)15(20)18-13(17(22)23)10-11(2)3/h6,8-9,11,13-14H,5,7,10H2,1-4H3,(H,18,20)(H,22,23). The predicted octanol–water partition coefficient (Wildman–Crippen LogP) is 2.11. The van der Waals surface area contributed by atoms with Crippen molar-refractivity contribution in [3.63, 3.8) is 0 Å². The summed E-state index contributed by atoms with van der Waals surface area (Å²) in [6.45, 7) is 7.41. The Bertz CT molecular complexity index is 607. The van der Waals surface area contributed by atoms with Gasteiger partial charge in [0.15, 0.2) is 0 Å². The van der Waals surface area contributed by atoms with Gasteiger partial charge in [-0.1, -0.05) is 33.3 Å². The second kappa shape index (κ2) is 8.50. The summed E-state index contributed by atoms with van der Waals surface area (Å²) in [5.41, 5.74) is 0.329. The van der Waals surface area contributed by atoms with Gasteiger partial charge in [-0.15, -0.1) is 0 Å². The van der Waals surface area contributed by atoms with Gasteiger partial charge in [-0.2, -0.15) is 0 Å². The lowest BCUT2D eigenvalue weighted by atomic mass is 10.0. The number of nitrogens with zero attached hydrogens (tertiary/aromatic N) is 1. The van der Waals surface area contributed by atoms with Crippen LogP contribution in [-0.2, 0) is 9.59 Å². The van der Waals surface area contributed by atoms with Crippen molar-refractivity contribution < 1.29 is 14.7 Å². The van der Waals surface area contributed by atoms with Gasteiger partial charge in [0, 0.05) is 11.8 Å². The summed E-state index contributed by atoms with van der Waals surface area (Å²) in [4.78, 5) is 36.1. The van der Waals surface area contributed by atoms with E-state index in [-0.39, 0.29) is 11.5 Å². The summed E-state index contributed by atoms with van der Waals surface area (Å²) in [6.07, 6.45) is 3.11. The molecule has 128 valence electrons. The van der Waals surface area contributed by atoms with Crippen LogP contribution in [0.15, 0.2) is 23.1 Å². The number of hydrogen-bond donors (Lipinski definition) is 2. The average Bonchev–Trinajstić information content (AvgIpc) is 2.46. The van der Waals surface area contributed by atoms with E-state index in [2.05, 4.69) is 5.32 Å². The molecule has 0 aliphatic carbocycles. The molecule has 0 spiro atoms. The molecular formula is C17H26N2O4. The molecule has 0 aliphatic rings. The van der Waals surface area contributed by atoms with Gasteiger partial charge in [-0.25, -0.2) is 4.79 Å². The fourth-order valence-electron chi connectivity index (χ4n) is 2.50. The minimum atomic E-state index is -1.06. The van der Waals surface area contributed by atoms with E-state index < -0.39 is 24.0 Å². The molecule has 23 heavy (non-hydrogen) atoms. The Hall–Kier alpha value is -2.11. The normalized spacial score (nSPS) is 13.6. The number of carbonyl (C=O) groups excluding carboxylic acids is 1. The number of pyridine rings is 1. The third kappa shape index (κ3) is 5.23. The smallest absolute Gasteiger partial charge is 0.326 e. The first kappa shape index (κ1) is 18.9. The number of nitrogens with one attached hydrogen (secondary N) is 1. The van der Waals surface area contributed by atoms with E-state index in [4.69, 9.17) is 0 Å². The van der Waals surface area contributed by atoms with E-state index in [9.17, 15) is 19.5 Å². The van der Waals surface area contributed by atoms with Crippen LogP contribution in [0.4, 0.5) is 0 Å². The van der Waals surface area contributed by atoms with Crippen LogP contribution in [0.1, 0.15) is 51.6 Å². The highest BCUT2D eigenvalue weighted by atomic mass is 16.4. The molecule has 0 bridgehead atoms. The van der Waals surface area contributed by atoms with Crippen molar-refractivity contribution in [1.29, 1.82) is 0 Å². The fraction of sp³-hybridized carbons (Fsp3) is 0.588. The summed E-state index contributed by atoms with van der Waals surface area (Å²) in [6, 6.07) is 1.78. The maximum absolute atomic E-state index is 12.6. The van der Waals surface area contributed by atoms with Gasteiger partial charge < -0.3 is 15.0 Å². The van der Waals surface area contributed by atoms with Gasteiger partial charge in [0.05, 0.1) is 0 Å². The Kier molecular flexibility index (Phi) is 7.00. The van der Waals surface area contributed by atoms with Crippen molar-refractivity contribution in [3.8, 4) is 0 Å². The monoisotopic (exact) mass is 322 g/mol. The molecule has 1 heterocycles. The van der Waals surface area contributed by atoms with Crippen molar-refractivity contribution in [2.45, 2.75) is 59.0 Å². The largest absolute Gasteiger partial charge is 0.480 e. The van der Waals surface area contributed by atoms with Gasteiger partial charge in [-0.05, 0) is 31.7 Å². The molecular weight excluding hydrogens is 296 g/mol. The highest BCUT2D eigenvalue weighted by Crippen LogP contribution is 2.14. The quantitative estimate of drug-likeness (QED) is 0.767. The number of carboxylic acid groups (broad SMARTS) is 1. The summed E-state index contributed by atoms with van der Waals surface area (Å²) >= 11 is 0. The minimum Gasteiger partial charge on any atom is -0.480 e. The number of amides is 1. The average molecular weight is 322 g/mol. The van der Waals surface area contributed by atoms with Gasteiger partial charge in [0.25, 0.3) is 5.56 Å². The first-order chi connectivity index (χ1) is 10.8. The number of hydrogen-bond acceptors (Lipinski definition) is 3. The maximum Gasteiger partial charge on any atom is 0.326 e. The highest BCUT2D eigenvalue weighted by Gasteiger charge is 2.27. The summed E-state index contributed by atoms with van der Waals surface area (Å²) in [5, 5.41) is 11.8. The van der Waals surface area contributed by atoms with Gasteiger partial charge >= 0.3 is 5.97 Å². The van der Waals surface area contributed by atoms with Crippen LogP contribution in [0.25, 0.3) is 0 Å². The highest BCUT2D eigenvalue weighted by molar-refractivity contribution is 5.86. The molecule has 1 aromatic heterocycles. The lowest BCUT2D eigenvalue weighted by Crippen LogP contribution is -2.46. The zero-order valence-electron chi connectivity index (χ0n) is 14.2. The number of aliphatic carboxylic acids is 1. The van der Waals surface area contributed by atoms with Crippen LogP contribution in [-0.4, -0.2) is 27.6 Å². The topological polar surface area (TPSA) is 88.4 Å². The zero-order chi connectivity index (χ0) is 17.6. The van der Waals surface area contributed by atoms with Crippen molar-refractivity contribution in [3.05, 3.63) is 34.2 Å². The van der Waals surface area contributed by atoms with Crippen LogP contribution in [0, 0.1) is 12.8 Å². The minimum absolute atomic E-state index is 0.141. The van der Waals surface area contributed by atoms with Crippen molar-refractivity contribution in [2.24, 2.45) is 5.92 Å². The Labute approximate surface area is 136 Å². The lowest BCUT2D eigenvalue weighted by molar-refractivity contribution is -0.142. The second-order valence-corrected chi connectivity index (χ2v) is 6.24. The molecule has 0 aromatic carbocycles. The third-order valence-electron chi connectivity index (χ3n) is 3.69. The summed E-state index contributed by atoms with van der Waals surface area (Å²) in [5.74, 6) is -1.34. The second-order valence-electron chi connectivity index (χ2n) is 6.24. The van der Waals surface area contributed by atoms with Gasteiger partial charge in [-0.3, -0.25) is 9.59 Å². The molecule has 6 heteroatoms. The molecule has 1 amide bonds. The van der Waals surface area contributed by atoms with Crippen LogP contribution in [0.2, 0.25) is 0 Å². The zero-order valence-corrected chi connectivity index (χ0v) is 14.2. The van der Waals surface area contributed by atoms with Crippen molar-refractivity contribution >= 4 is 11.9 Å². The van der Waals surface area contributed by atoms with Crippen molar-refractivity contribution in [2.75, 3.05) is 0 Å². The third-order valence-corrected chi connectivity index (χ3v) is 3.69. The van der Waals surface area contributed by atoms with Gasteiger partial charge in [0.2, 0.25) is 5.91 Å². The van der Waals surface area contributed by atoms with Crippen LogP contribution in [0.5, 0.6) is 0 Å². The molecule has 2 unspecified atom stereocenters. The number of carbonyl (C=O) groups is 2. The summed E-state index contributed by atoms with van der Waals surface area (Å²) in [7, 11) is 0. The van der Waals surface area contributed by atoms with Gasteiger partial charge in [0.1, 0.15) is 12.1 Å². The number of rotatable bonds is 8. The number of aromatic nitrogens is 1. The molecule has 0 saturated heterocycles. The SMILES string of the molecule is CCCC(C(=O)NC(CC(C)C)C(=O)O)n1cccc(C)c1=O. The van der Waals surface area contributed by atoms with Crippen molar-refractivity contribution in [1.82, 2.24) is 9.88 Å². The van der Waals surface area contributed by atoms with E-state index >= 15 is 0 Å². The first-order valence-electron chi connectivity index (χ1n) is 7.98. The molecule has 6 nitrogen and oxygen atoms in total. The van der Waals surface area contributed by atoms with Crippen LogP contribution >= 0.6 is 0 Å². The van der Waals surface area contributed by atoms with E-state index in [1.165, 1.54) is 4.57 Å². The predicted molar refractivity (Wildman–Crippen MR) is 88.4 cm³/mol. The molecule has 0 fully saturated rings. The van der Waals surface area contributed by atoms with E-state index in [1.807, 2.05) is 20.8 Å². The number of aryl methyl sites for hydroxylation is 1. The molecule has 2 atom stereocenters. The Morgan fingerprint density at radius 2 is 2.00 bits per heavy atom. The molecule has 1 rings (SSSR count). The molecule has 2 N–H and O–H groups in total. The van der Waals surface area contributed by atoms with Crippen LogP contribution < -0.4 is 10.9 Å². The van der Waals surface area contributed by atoms with Crippen LogP contribution in [0.3, 0.4) is 0 Å². The van der Waals surface area contributed by atoms with E-state index in [1.54, 1.807) is 25.3 Å². The molecule has 0 saturated carbocycles. The first-order valence-corrected chi connectivity index (χ1v) is 7.98. The molecule has 1 aromatic rings. The number of carboxylic acids is 1. The molecule has 0 aliphatic heterocycles. The van der Waals surface area contributed by atoms with E-state index in [0.717, 1.165) is 0 Å². The fourth-order valence-corrected chi connectivity index (χ4v) is 2.50. The van der Waals surface area contributed by atoms with E-state index in [0.29, 0.717) is 24.8 Å². The maximum atomic E-state index is 12.6. The Morgan fingerprint density at radius 3 is 2.52 bits per heavy atom. The Balaban J connectivity index is 3.05.